The highest BCUT2D eigenvalue weighted by Gasteiger charge is 1.99. The molecular weight excluding hydrogens is 348 g/mol. The van der Waals surface area contributed by atoms with E-state index in [1.165, 1.54) is 7.11 Å². The van der Waals surface area contributed by atoms with Crippen LogP contribution in [0.25, 0.3) is 0 Å². The molecule has 9 heteroatoms. The second-order valence-corrected chi connectivity index (χ2v) is 4.89. The maximum absolute atomic E-state index is 10.8. The molecule has 0 bridgehead atoms. The highest BCUT2D eigenvalue weighted by molar-refractivity contribution is 5.70. The van der Waals surface area contributed by atoms with Crippen LogP contribution in [0.2, 0.25) is 0 Å². The fraction of sp³-hybridized carbons (Fsp3) is 0.941. The van der Waals surface area contributed by atoms with E-state index >= 15 is 0 Å². The summed E-state index contributed by atoms with van der Waals surface area (Å²) in [6.45, 7) is 8.69. The summed E-state index contributed by atoms with van der Waals surface area (Å²) in [7, 11) is 1.32. The van der Waals surface area contributed by atoms with E-state index in [9.17, 15) is 4.79 Å². The van der Waals surface area contributed by atoms with Gasteiger partial charge in [-0.25, -0.2) is 4.79 Å². The first-order chi connectivity index (χ1) is 12.8. The number of ether oxygens (including phenoxy) is 8. The Hall–Kier alpha value is -0.810. The molecule has 0 atom stereocenters. The molecule has 0 aromatic heterocycles. The zero-order valence-electron chi connectivity index (χ0n) is 16.1. The van der Waals surface area contributed by atoms with Crippen molar-refractivity contribution in [2.45, 2.75) is 6.92 Å². The van der Waals surface area contributed by atoms with Gasteiger partial charge < -0.3 is 37.9 Å². The maximum atomic E-state index is 10.8. The van der Waals surface area contributed by atoms with Gasteiger partial charge in [0.05, 0.1) is 86.4 Å². The first-order valence-corrected chi connectivity index (χ1v) is 8.92. The van der Waals surface area contributed by atoms with E-state index in [1.54, 1.807) is 0 Å². The second-order valence-electron chi connectivity index (χ2n) is 4.89. The monoisotopic (exact) mass is 382 g/mol. The van der Waals surface area contributed by atoms with Gasteiger partial charge in [-0.15, -0.1) is 0 Å². The molecule has 0 rings (SSSR count). The van der Waals surface area contributed by atoms with E-state index in [1.807, 2.05) is 6.92 Å². The van der Waals surface area contributed by atoms with E-state index < -0.39 is 5.97 Å². The van der Waals surface area contributed by atoms with Gasteiger partial charge in [0.15, 0.2) is 0 Å². The van der Waals surface area contributed by atoms with E-state index in [2.05, 4.69) is 4.74 Å². The van der Waals surface area contributed by atoms with Crippen LogP contribution in [0, 0.1) is 0 Å². The smallest absolute Gasteiger partial charge is 0.331 e. The molecule has 0 aromatic carbocycles. The molecule has 26 heavy (non-hydrogen) atoms. The molecule has 0 N–H and O–H groups in total. The molecule has 0 amide bonds. The molecular formula is C17H34O9. The Labute approximate surface area is 156 Å². The number of hydrogen-bond donors (Lipinski definition) is 0. The van der Waals surface area contributed by atoms with Crippen molar-refractivity contribution in [3.63, 3.8) is 0 Å². The van der Waals surface area contributed by atoms with Gasteiger partial charge >= 0.3 is 5.97 Å². The summed E-state index contributed by atoms with van der Waals surface area (Å²) in [5, 5.41) is 0. The number of esters is 1. The molecule has 0 fully saturated rings. The van der Waals surface area contributed by atoms with Crippen LogP contribution in [0.4, 0.5) is 0 Å². The maximum Gasteiger partial charge on any atom is 0.331 e. The van der Waals surface area contributed by atoms with Crippen molar-refractivity contribution in [2.75, 3.05) is 99.6 Å². The van der Waals surface area contributed by atoms with E-state index in [0.29, 0.717) is 85.9 Å². The fourth-order valence-corrected chi connectivity index (χ4v) is 1.58. The summed E-state index contributed by atoms with van der Waals surface area (Å²) in [6, 6.07) is 0. The minimum Gasteiger partial charge on any atom is -0.467 e. The lowest BCUT2D eigenvalue weighted by Crippen LogP contribution is -2.15. The Balaban J connectivity index is 3.00. The van der Waals surface area contributed by atoms with Crippen molar-refractivity contribution in [2.24, 2.45) is 0 Å². The average Bonchev–Trinajstić information content (AvgIpc) is 2.66. The highest BCUT2D eigenvalue weighted by Crippen LogP contribution is 1.85. The summed E-state index contributed by atoms with van der Waals surface area (Å²) in [4.78, 5) is 10.8. The Bertz CT molecular complexity index is 289. The molecule has 156 valence electrons. The average molecular weight is 382 g/mol. The predicted molar refractivity (Wildman–Crippen MR) is 93.4 cm³/mol. The van der Waals surface area contributed by atoms with Gasteiger partial charge in [0, 0.05) is 6.61 Å². The first-order valence-electron chi connectivity index (χ1n) is 8.92. The van der Waals surface area contributed by atoms with E-state index in [4.69, 9.17) is 33.2 Å². The Morgan fingerprint density at radius 2 is 0.846 bits per heavy atom. The second kappa shape index (κ2) is 22.2. The molecule has 0 radical (unpaired) electrons. The van der Waals surface area contributed by atoms with E-state index in [0.717, 1.165) is 0 Å². The van der Waals surface area contributed by atoms with Crippen LogP contribution >= 0.6 is 0 Å². The van der Waals surface area contributed by atoms with Gasteiger partial charge in [0.25, 0.3) is 0 Å². The van der Waals surface area contributed by atoms with Crippen molar-refractivity contribution in [3.8, 4) is 0 Å². The zero-order valence-corrected chi connectivity index (χ0v) is 16.1. The molecule has 0 aliphatic rings. The fourth-order valence-electron chi connectivity index (χ4n) is 1.58. The van der Waals surface area contributed by atoms with Crippen LogP contribution < -0.4 is 0 Å². The molecule has 0 aliphatic carbocycles. The van der Waals surface area contributed by atoms with Crippen molar-refractivity contribution in [1.82, 2.24) is 0 Å². The number of carbonyl (C=O) groups is 1. The lowest BCUT2D eigenvalue weighted by molar-refractivity contribution is -0.146. The Morgan fingerprint density at radius 1 is 0.538 bits per heavy atom. The third kappa shape index (κ3) is 21.2. The summed E-state index contributed by atoms with van der Waals surface area (Å²) in [5.74, 6) is -0.399. The van der Waals surface area contributed by atoms with Crippen LogP contribution in [0.15, 0.2) is 0 Å². The molecule has 0 aromatic rings. The van der Waals surface area contributed by atoms with Crippen LogP contribution in [0.1, 0.15) is 6.92 Å². The summed E-state index contributed by atoms with van der Waals surface area (Å²) >= 11 is 0. The van der Waals surface area contributed by atoms with Crippen molar-refractivity contribution in [3.05, 3.63) is 0 Å². The molecule has 0 unspecified atom stereocenters. The molecule has 0 saturated carbocycles. The van der Waals surface area contributed by atoms with E-state index in [-0.39, 0.29) is 6.61 Å². The molecule has 0 spiro atoms. The van der Waals surface area contributed by atoms with Gasteiger partial charge in [0.2, 0.25) is 0 Å². The molecule has 9 nitrogen and oxygen atoms in total. The number of methoxy groups -OCH3 is 1. The van der Waals surface area contributed by atoms with Crippen LogP contribution in [-0.2, 0) is 42.7 Å². The SMILES string of the molecule is CCOCCOCCOCCOCCOCCOCCOCC(=O)OC. The summed E-state index contributed by atoms with van der Waals surface area (Å²) in [6.07, 6.45) is 0. The van der Waals surface area contributed by atoms with Crippen molar-refractivity contribution >= 4 is 5.97 Å². The normalized spacial score (nSPS) is 11.0. The van der Waals surface area contributed by atoms with Gasteiger partial charge in [-0.2, -0.15) is 0 Å². The lowest BCUT2D eigenvalue weighted by atomic mass is 10.6. The van der Waals surface area contributed by atoms with Gasteiger partial charge in [-0.1, -0.05) is 0 Å². The summed E-state index contributed by atoms with van der Waals surface area (Å²) < 4.78 is 41.3. The van der Waals surface area contributed by atoms with Gasteiger partial charge in [-0.3, -0.25) is 0 Å². The topological polar surface area (TPSA) is 90.9 Å². The minimum absolute atomic E-state index is 0.0572. The minimum atomic E-state index is -0.399. The van der Waals surface area contributed by atoms with Crippen molar-refractivity contribution < 1.29 is 42.7 Å². The molecule has 0 aliphatic heterocycles. The van der Waals surface area contributed by atoms with Gasteiger partial charge in [-0.05, 0) is 6.92 Å². The van der Waals surface area contributed by atoms with Crippen molar-refractivity contribution in [1.29, 1.82) is 0 Å². The number of carbonyl (C=O) groups excluding carboxylic acids is 1. The van der Waals surface area contributed by atoms with Gasteiger partial charge in [0.1, 0.15) is 6.61 Å². The zero-order chi connectivity index (χ0) is 19.1. The standard InChI is InChI=1S/C17H34O9/c1-3-20-4-5-21-6-7-22-8-9-23-10-11-24-12-13-25-14-15-26-16-17(18)19-2/h3-16H2,1-2H3. The first kappa shape index (κ1) is 25.2. The predicted octanol–water partition coefficient (Wildman–Crippen LogP) is 0.296. The molecule has 0 saturated heterocycles. The summed E-state index contributed by atoms with van der Waals surface area (Å²) in [5.41, 5.74) is 0. The highest BCUT2D eigenvalue weighted by atomic mass is 16.6. The lowest BCUT2D eigenvalue weighted by Gasteiger charge is -2.08. The third-order valence-electron chi connectivity index (χ3n) is 2.88. The number of hydrogen-bond acceptors (Lipinski definition) is 9. The largest absolute Gasteiger partial charge is 0.467 e. The Kier molecular flexibility index (Phi) is 21.5. The Morgan fingerprint density at radius 3 is 1.15 bits per heavy atom. The number of rotatable bonds is 21. The van der Waals surface area contributed by atoms with Crippen LogP contribution in [-0.4, -0.2) is 106 Å². The van der Waals surface area contributed by atoms with Crippen LogP contribution in [0.5, 0.6) is 0 Å². The third-order valence-corrected chi connectivity index (χ3v) is 2.88. The molecule has 0 heterocycles. The quantitative estimate of drug-likeness (QED) is 0.205. The van der Waals surface area contributed by atoms with Crippen LogP contribution in [0.3, 0.4) is 0 Å².